The summed E-state index contributed by atoms with van der Waals surface area (Å²) in [6.45, 7) is 2.48. The molecular weight excluding hydrogens is 332 g/mol. The third kappa shape index (κ3) is 3.39. The summed E-state index contributed by atoms with van der Waals surface area (Å²) in [5.41, 5.74) is 2.28. The van der Waals surface area contributed by atoms with E-state index in [0.717, 1.165) is 16.8 Å². The van der Waals surface area contributed by atoms with E-state index in [4.69, 9.17) is 14.2 Å². The molecule has 0 atom stereocenters. The van der Waals surface area contributed by atoms with E-state index in [1.54, 1.807) is 19.2 Å². The van der Waals surface area contributed by atoms with Crippen LogP contribution in [0.25, 0.3) is 10.9 Å². The average molecular weight is 352 g/mol. The molecule has 26 heavy (non-hydrogen) atoms. The normalized spacial score (nSPS) is 10.4. The lowest BCUT2D eigenvalue weighted by molar-refractivity contribution is 0.0594. The molecule has 0 unspecified atom stereocenters. The highest BCUT2D eigenvalue weighted by Crippen LogP contribution is 2.34. The van der Waals surface area contributed by atoms with Crippen LogP contribution in [0.3, 0.4) is 0 Å². The van der Waals surface area contributed by atoms with Crippen molar-refractivity contribution in [1.82, 2.24) is 4.98 Å². The summed E-state index contributed by atoms with van der Waals surface area (Å²) >= 11 is 0. The molecule has 0 aliphatic rings. The van der Waals surface area contributed by atoms with Crippen LogP contribution in [-0.4, -0.2) is 31.8 Å². The summed E-state index contributed by atoms with van der Waals surface area (Å²) in [6, 6.07) is 14.9. The lowest BCUT2D eigenvalue weighted by Crippen LogP contribution is -2.07. The minimum atomic E-state index is -0.515. The van der Waals surface area contributed by atoms with Gasteiger partial charge in [-0.05, 0) is 31.2 Å². The number of hydrogen-bond donors (Lipinski definition) is 1. The number of nitrogens with zero attached hydrogens (tertiary/aromatic N) is 1. The molecule has 0 radical (unpaired) electrons. The fourth-order valence-corrected chi connectivity index (χ4v) is 2.70. The summed E-state index contributed by atoms with van der Waals surface area (Å²) in [5, 5.41) is 4.17. The van der Waals surface area contributed by atoms with Crippen LogP contribution in [0.15, 0.2) is 48.5 Å². The molecule has 0 aliphatic heterocycles. The number of carbonyl (C=O) groups is 1. The lowest BCUT2D eigenvalue weighted by Gasteiger charge is -2.15. The van der Waals surface area contributed by atoms with Crippen molar-refractivity contribution >= 4 is 28.2 Å². The minimum absolute atomic E-state index is 0.195. The number of hydrogen-bond acceptors (Lipinski definition) is 6. The topological polar surface area (TPSA) is 69.7 Å². The number of aromatic nitrogens is 1. The molecule has 1 aromatic heterocycles. The van der Waals surface area contributed by atoms with Crippen molar-refractivity contribution in [2.75, 3.05) is 26.1 Å². The van der Waals surface area contributed by atoms with Crippen molar-refractivity contribution in [3.05, 3.63) is 54.2 Å². The Morgan fingerprint density at radius 2 is 1.81 bits per heavy atom. The first kappa shape index (κ1) is 17.5. The Kier molecular flexibility index (Phi) is 5.22. The van der Waals surface area contributed by atoms with Gasteiger partial charge in [0.05, 0.1) is 32.2 Å². The number of pyridine rings is 1. The van der Waals surface area contributed by atoms with E-state index in [2.05, 4.69) is 10.3 Å². The summed E-state index contributed by atoms with van der Waals surface area (Å²) in [5.74, 6) is 0.788. The van der Waals surface area contributed by atoms with Gasteiger partial charge in [-0.1, -0.05) is 24.3 Å². The van der Waals surface area contributed by atoms with Gasteiger partial charge in [0.1, 0.15) is 17.0 Å². The Morgan fingerprint density at radius 3 is 2.54 bits per heavy atom. The maximum atomic E-state index is 12.1. The first-order valence-corrected chi connectivity index (χ1v) is 8.22. The number of fused-ring (bicyclic) bond motifs is 1. The molecule has 0 spiro atoms. The number of benzene rings is 2. The Hall–Kier alpha value is -3.28. The van der Waals surface area contributed by atoms with E-state index in [9.17, 15) is 4.79 Å². The van der Waals surface area contributed by atoms with Crippen LogP contribution in [0, 0.1) is 0 Å². The number of esters is 1. The van der Waals surface area contributed by atoms with Crippen molar-refractivity contribution < 1.29 is 19.0 Å². The molecule has 0 aliphatic carbocycles. The number of nitrogens with one attached hydrogen (secondary N) is 1. The van der Waals surface area contributed by atoms with Gasteiger partial charge in [-0.15, -0.1) is 0 Å². The molecule has 1 heterocycles. The van der Waals surface area contributed by atoms with Crippen LogP contribution >= 0.6 is 0 Å². The largest absolute Gasteiger partial charge is 0.494 e. The van der Waals surface area contributed by atoms with Gasteiger partial charge in [0, 0.05) is 5.39 Å². The van der Waals surface area contributed by atoms with Gasteiger partial charge in [-0.2, -0.15) is 0 Å². The molecule has 0 bridgehead atoms. The van der Waals surface area contributed by atoms with Crippen LogP contribution < -0.4 is 14.8 Å². The van der Waals surface area contributed by atoms with Crippen molar-refractivity contribution in [3.63, 3.8) is 0 Å². The second kappa shape index (κ2) is 7.74. The predicted octanol–water partition coefficient (Wildman–Crippen LogP) is 4.17. The molecule has 6 nitrogen and oxygen atoms in total. The number of methoxy groups -OCH3 is 2. The Morgan fingerprint density at radius 1 is 1.04 bits per heavy atom. The van der Waals surface area contributed by atoms with Gasteiger partial charge in [0.15, 0.2) is 5.69 Å². The Labute approximate surface area is 151 Å². The van der Waals surface area contributed by atoms with Crippen LogP contribution in [0.5, 0.6) is 11.5 Å². The van der Waals surface area contributed by atoms with Crippen LogP contribution in [0.1, 0.15) is 17.4 Å². The summed E-state index contributed by atoms with van der Waals surface area (Å²) < 4.78 is 15.9. The second-order valence-corrected chi connectivity index (χ2v) is 5.46. The summed E-state index contributed by atoms with van der Waals surface area (Å²) in [4.78, 5) is 16.5. The number of rotatable bonds is 6. The zero-order chi connectivity index (χ0) is 18.5. The molecular formula is C20H20N2O4. The van der Waals surface area contributed by atoms with E-state index in [0.29, 0.717) is 23.6 Å². The van der Waals surface area contributed by atoms with E-state index in [-0.39, 0.29) is 5.69 Å². The monoisotopic (exact) mass is 352 g/mol. The maximum absolute atomic E-state index is 12.1. The van der Waals surface area contributed by atoms with Gasteiger partial charge >= 0.3 is 5.97 Å². The molecule has 0 fully saturated rings. The van der Waals surface area contributed by atoms with Crippen molar-refractivity contribution in [1.29, 1.82) is 0 Å². The van der Waals surface area contributed by atoms with Gasteiger partial charge in [0.25, 0.3) is 0 Å². The molecule has 0 saturated carbocycles. The average Bonchev–Trinajstić information content (AvgIpc) is 2.68. The van der Waals surface area contributed by atoms with Crippen LogP contribution in [0.4, 0.5) is 11.4 Å². The highest BCUT2D eigenvalue weighted by molar-refractivity contribution is 6.01. The van der Waals surface area contributed by atoms with Crippen molar-refractivity contribution in [2.45, 2.75) is 6.92 Å². The first-order chi connectivity index (χ1) is 12.7. The molecule has 6 heteroatoms. The minimum Gasteiger partial charge on any atom is -0.494 e. The lowest BCUT2D eigenvalue weighted by atomic mass is 10.1. The van der Waals surface area contributed by atoms with Crippen molar-refractivity contribution in [2.24, 2.45) is 0 Å². The third-order valence-corrected chi connectivity index (χ3v) is 3.87. The van der Waals surface area contributed by atoms with E-state index in [1.807, 2.05) is 43.3 Å². The van der Waals surface area contributed by atoms with Gasteiger partial charge in [-0.25, -0.2) is 9.78 Å². The molecule has 3 aromatic rings. The number of para-hydroxylation sites is 3. The molecule has 134 valence electrons. The SMILES string of the molecule is CCOc1ccccc1Nc1cc(C(=O)OC)nc2c(OC)cccc12. The smallest absolute Gasteiger partial charge is 0.356 e. The zero-order valence-electron chi connectivity index (χ0n) is 14.9. The Balaban J connectivity index is 2.17. The molecule has 0 saturated heterocycles. The van der Waals surface area contributed by atoms with E-state index < -0.39 is 5.97 Å². The first-order valence-electron chi connectivity index (χ1n) is 8.22. The van der Waals surface area contributed by atoms with E-state index in [1.165, 1.54) is 7.11 Å². The van der Waals surface area contributed by atoms with Crippen LogP contribution in [0.2, 0.25) is 0 Å². The highest BCUT2D eigenvalue weighted by Gasteiger charge is 2.16. The van der Waals surface area contributed by atoms with Crippen molar-refractivity contribution in [3.8, 4) is 11.5 Å². The fraction of sp³-hybridized carbons (Fsp3) is 0.200. The van der Waals surface area contributed by atoms with Gasteiger partial charge < -0.3 is 19.5 Å². The van der Waals surface area contributed by atoms with Gasteiger partial charge in [0.2, 0.25) is 0 Å². The number of ether oxygens (including phenoxy) is 3. The standard InChI is InChI=1S/C20H20N2O4/c1-4-26-17-10-6-5-9-14(17)21-15-12-16(20(23)25-3)22-19-13(15)8-7-11-18(19)24-2/h5-12H,4H2,1-3H3,(H,21,22). The summed E-state index contributed by atoms with van der Waals surface area (Å²) in [7, 11) is 2.90. The number of carbonyl (C=O) groups excluding carboxylic acids is 1. The quantitative estimate of drug-likeness (QED) is 0.672. The summed E-state index contributed by atoms with van der Waals surface area (Å²) in [6.07, 6.45) is 0. The molecule has 1 N–H and O–H groups in total. The zero-order valence-corrected chi connectivity index (χ0v) is 14.9. The van der Waals surface area contributed by atoms with Crippen LogP contribution in [-0.2, 0) is 4.74 Å². The molecule has 3 rings (SSSR count). The Bertz CT molecular complexity index is 940. The third-order valence-electron chi connectivity index (χ3n) is 3.87. The van der Waals surface area contributed by atoms with Gasteiger partial charge in [-0.3, -0.25) is 0 Å². The maximum Gasteiger partial charge on any atom is 0.356 e. The molecule has 0 amide bonds. The predicted molar refractivity (Wildman–Crippen MR) is 101 cm³/mol. The highest BCUT2D eigenvalue weighted by atomic mass is 16.5. The van der Waals surface area contributed by atoms with E-state index >= 15 is 0 Å². The second-order valence-electron chi connectivity index (χ2n) is 5.46. The number of anilines is 2. The molecule has 2 aromatic carbocycles. The fourth-order valence-electron chi connectivity index (χ4n) is 2.70.